The van der Waals surface area contributed by atoms with E-state index in [2.05, 4.69) is 5.32 Å². The summed E-state index contributed by atoms with van der Waals surface area (Å²) in [5.74, 6) is -1.12. The van der Waals surface area contributed by atoms with Gasteiger partial charge in [0.15, 0.2) is 11.9 Å². The summed E-state index contributed by atoms with van der Waals surface area (Å²) in [6, 6.07) is 15.0. The molecule has 2 aromatic carbocycles. The van der Waals surface area contributed by atoms with Gasteiger partial charge in [-0.25, -0.2) is 4.79 Å². The van der Waals surface area contributed by atoms with Gasteiger partial charge in [0.2, 0.25) is 0 Å². The third kappa shape index (κ3) is 4.51. The summed E-state index contributed by atoms with van der Waals surface area (Å²) >= 11 is 0. The zero-order valence-corrected chi connectivity index (χ0v) is 12.9. The Morgan fingerprint density at radius 2 is 1.61 bits per heavy atom. The molecule has 5 heteroatoms. The van der Waals surface area contributed by atoms with Gasteiger partial charge < -0.3 is 10.1 Å². The van der Waals surface area contributed by atoms with Gasteiger partial charge in [-0.3, -0.25) is 9.59 Å². The van der Waals surface area contributed by atoms with E-state index < -0.39 is 18.0 Å². The molecule has 0 saturated heterocycles. The third-order valence-electron chi connectivity index (χ3n) is 3.20. The van der Waals surface area contributed by atoms with Gasteiger partial charge in [-0.1, -0.05) is 30.3 Å². The van der Waals surface area contributed by atoms with Crippen molar-refractivity contribution >= 4 is 23.3 Å². The Morgan fingerprint density at radius 3 is 2.26 bits per heavy atom. The molecule has 0 saturated carbocycles. The normalized spacial score (nSPS) is 11.4. The second-order valence-corrected chi connectivity index (χ2v) is 5.04. The van der Waals surface area contributed by atoms with E-state index in [0.29, 0.717) is 16.8 Å². The predicted molar refractivity (Wildman–Crippen MR) is 86.4 cm³/mol. The Labute approximate surface area is 134 Å². The number of anilines is 1. The molecule has 0 bridgehead atoms. The van der Waals surface area contributed by atoms with Gasteiger partial charge in [0.25, 0.3) is 5.91 Å². The van der Waals surface area contributed by atoms with Gasteiger partial charge in [0.05, 0.1) is 5.56 Å². The monoisotopic (exact) mass is 311 g/mol. The van der Waals surface area contributed by atoms with E-state index in [0.717, 1.165) is 0 Å². The SMILES string of the molecule is CC(=O)c1cccc(NC(=O)[C@@H](C)OC(=O)c2ccccc2)c1. The standard InChI is InChI=1S/C18H17NO4/c1-12(20)15-9-6-10-16(11-15)19-17(21)13(2)23-18(22)14-7-4-3-5-8-14/h3-11,13H,1-2H3,(H,19,21)/t13-/m1/s1. The van der Waals surface area contributed by atoms with E-state index in [-0.39, 0.29) is 5.78 Å². The van der Waals surface area contributed by atoms with Crippen molar-refractivity contribution in [1.82, 2.24) is 0 Å². The molecule has 0 unspecified atom stereocenters. The lowest BCUT2D eigenvalue weighted by molar-refractivity contribution is -0.123. The molecule has 0 aliphatic carbocycles. The molecule has 1 N–H and O–H groups in total. The second-order valence-electron chi connectivity index (χ2n) is 5.04. The number of Topliss-reactive ketones (excluding diaryl/α,β-unsaturated/α-hetero) is 1. The number of rotatable bonds is 5. The minimum absolute atomic E-state index is 0.0929. The van der Waals surface area contributed by atoms with Crippen LogP contribution in [0.15, 0.2) is 54.6 Å². The van der Waals surface area contributed by atoms with Gasteiger partial charge >= 0.3 is 5.97 Å². The molecule has 2 aromatic rings. The molecule has 0 aliphatic heterocycles. The smallest absolute Gasteiger partial charge is 0.338 e. The number of nitrogens with one attached hydrogen (secondary N) is 1. The van der Waals surface area contributed by atoms with Crippen LogP contribution in [0.1, 0.15) is 34.6 Å². The largest absolute Gasteiger partial charge is 0.449 e. The van der Waals surface area contributed by atoms with Crippen LogP contribution in [0.5, 0.6) is 0 Å². The van der Waals surface area contributed by atoms with Crippen molar-refractivity contribution in [3.8, 4) is 0 Å². The van der Waals surface area contributed by atoms with Crippen LogP contribution < -0.4 is 5.32 Å². The molecule has 23 heavy (non-hydrogen) atoms. The van der Waals surface area contributed by atoms with Gasteiger partial charge in [-0.15, -0.1) is 0 Å². The Hall–Kier alpha value is -2.95. The Balaban J connectivity index is 1.99. The van der Waals surface area contributed by atoms with Crippen LogP contribution in [-0.2, 0) is 9.53 Å². The predicted octanol–water partition coefficient (Wildman–Crippen LogP) is 3.07. The molecule has 0 radical (unpaired) electrons. The van der Waals surface area contributed by atoms with Crippen LogP contribution in [0.25, 0.3) is 0 Å². The maximum Gasteiger partial charge on any atom is 0.338 e. The maximum absolute atomic E-state index is 12.1. The summed E-state index contributed by atoms with van der Waals surface area (Å²) in [6.07, 6.45) is -0.955. The topological polar surface area (TPSA) is 72.5 Å². The molecule has 1 amide bonds. The van der Waals surface area contributed by atoms with E-state index in [1.54, 1.807) is 54.6 Å². The molecule has 118 valence electrons. The van der Waals surface area contributed by atoms with E-state index in [4.69, 9.17) is 4.74 Å². The Bertz CT molecular complexity index is 725. The summed E-state index contributed by atoms with van der Waals surface area (Å²) in [4.78, 5) is 35.3. The number of amides is 1. The summed E-state index contributed by atoms with van der Waals surface area (Å²) in [6.45, 7) is 2.94. The molecule has 0 aliphatic rings. The maximum atomic E-state index is 12.1. The lowest BCUT2D eigenvalue weighted by Crippen LogP contribution is -2.30. The highest BCUT2D eigenvalue weighted by Gasteiger charge is 2.19. The molecule has 0 aromatic heterocycles. The number of esters is 1. The lowest BCUT2D eigenvalue weighted by atomic mass is 10.1. The molecule has 0 spiro atoms. The van der Waals surface area contributed by atoms with Crippen molar-refractivity contribution in [2.24, 2.45) is 0 Å². The van der Waals surface area contributed by atoms with Crippen molar-refractivity contribution in [1.29, 1.82) is 0 Å². The van der Waals surface area contributed by atoms with Crippen LogP contribution in [0.4, 0.5) is 5.69 Å². The highest BCUT2D eigenvalue weighted by molar-refractivity contribution is 5.99. The van der Waals surface area contributed by atoms with Crippen LogP contribution in [0, 0.1) is 0 Å². The molecule has 1 atom stereocenters. The quantitative estimate of drug-likeness (QED) is 0.680. The first kappa shape index (κ1) is 16.4. The van der Waals surface area contributed by atoms with Gasteiger partial charge in [0.1, 0.15) is 0 Å². The lowest BCUT2D eigenvalue weighted by Gasteiger charge is -2.14. The van der Waals surface area contributed by atoms with Crippen molar-refractivity contribution in [3.63, 3.8) is 0 Å². The van der Waals surface area contributed by atoms with Crippen molar-refractivity contribution in [2.45, 2.75) is 20.0 Å². The van der Waals surface area contributed by atoms with E-state index in [1.165, 1.54) is 13.8 Å². The van der Waals surface area contributed by atoms with Crippen LogP contribution >= 0.6 is 0 Å². The minimum Gasteiger partial charge on any atom is -0.449 e. The Morgan fingerprint density at radius 1 is 0.957 bits per heavy atom. The van der Waals surface area contributed by atoms with Gasteiger partial charge in [-0.2, -0.15) is 0 Å². The van der Waals surface area contributed by atoms with E-state index in [9.17, 15) is 14.4 Å². The zero-order valence-electron chi connectivity index (χ0n) is 12.9. The molecule has 5 nitrogen and oxygen atoms in total. The number of ether oxygens (including phenoxy) is 1. The van der Waals surface area contributed by atoms with Gasteiger partial charge in [0, 0.05) is 11.3 Å². The number of hydrogen-bond donors (Lipinski definition) is 1. The van der Waals surface area contributed by atoms with Crippen LogP contribution in [-0.4, -0.2) is 23.8 Å². The van der Waals surface area contributed by atoms with E-state index >= 15 is 0 Å². The summed E-state index contributed by atoms with van der Waals surface area (Å²) in [7, 11) is 0. The average molecular weight is 311 g/mol. The minimum atomic E-state index is -0.955. The van der Waals surface area contributed by atoms with Gasteiger partial charge in [-0.05, 0) is 38.1 Å². The van der Waals surface area contributed by atoms with Crippen LogP contribution in [0.3, 0.4) is 0 Å². The summed E-state index contributed by atoms with van der Waals surface area (Å²) in [5, 5.41) is 2.63. The molecular weight excluding hydrogens is 294 g/mol. The highest BCUT2D eigenvalue weighted by atomic mass is 16.5. The molecule has 2 rings (SSSR count). The summed E-state index contributed by atoms with van der Waals surface area (Å²) < 4.78 is 5.13. The first-order valence-corrected chi connectivity index (χ1v) is 7.15. The zero-order chi connectivity index (χ0) is 16.8. The fourth-order valence-corrected chi connectivity index (χ4v) is 1.92. The van der Waals surface area contributed by atoms with Crippen molar-refractivity contribution in [2.75, 3.05) is 5.32 Å². The highest BCUT2D eigenvalue weighted by Crippen LogP contribution is 2.12. The third-order valence-corrected chi connectivity index (χ3v) is 3.20. The number of hydrogen-bond acceptors (Lipinski definition) is 4. The van der Waals surface area contributed by atoms with Crippen LogP contribution in [0.2, 0.25) is 0 Å². The Kier molecular flexibility index (Phi) is 5.25. The number of carbonyl (C=O) groups excluding carboxylic acids is 3. The van der Waals surface area contributed by atoms with Crippen molar-refractivity contribution < 1.29 is 19.1 Å². The first-order valence-electron chi connectivity index (χ1n) is 7.15. The van der Waals surface area contributed by atoms with Crippen molar-refractivity contribution in [3.05, 3.63) is 65.7 Å². The molecule has 0 fully saturated rings. The molecular formula is C18H17NO4. The second kappa shape index (κ2) is 7.35. The average Bonchev–Trinajstić information content (AvgIpc) is 2.55. The first-order chi connectivity index (χ1) is 11.0. The van der Waals surface area contributed by atoms with E-state index in [1.807, 2.05) is 0 Å². The fourth-order valence-electron chi connectivity index (χ4n) is 1.92. The summed E-state index contributed by atoms with van der Waals surface area (Å²) in [5.41, 5.74) is 1.35. The molecule has 0 heterocycles. The number of ketones is 1. The fraction of sp³-hybridized carbons (Fsp3) is 0.167. The number of carbonyl (C=O) groups is 3. The number of benzene rings is 2.